The van der Waals surface area contributed by atoms with E-state index in [1.807, 2.05) is 6.07 Å². The van der Waals surface area contributed by atoms with Gasteiger partial charge >= 0.3 is 6.03 Å². The van der Waals surface area contributed by atoms with E-state index in [0.29, 0.717) is 29.0 Å². The molecule has 2 aliphatic rings. The van der Waals surface area contributed by atoms with Gasteiger partial charge in [-0.05, 0) is 45.8 Å². The Morgan fingerprint density at radius 2 is 2.10 bits per heavy atom. The number of ether oxygens (including phenoxy) is 1. The van der Waals surface area contributed by atoms with Crippen LogP contribution < -0.4 is 15.4 Å². The van der Waals surface area contributed by atoms with E-state index in [1.165, 1.54) is 12.0 Å². The number of benzene rings is 1. The minimum Gasteiger partial charge on any atom is -0.497 e. The van der Waals surface area contributed by atoms with Gasteiger partial charge in [0.25, 0.3) is 11.8 Å². The van der Waals surface area contributed by atoms with E-state index in [-0.39, 0.29) is 18.2 Å². The number of furan rings is 1. The zero-order chi connectivity index (χ0) is 21.0. The number of imide groups is 1. The number of nitrogens with one attached hydrogen (secondary N) is 2. The van der Waals surface area contributed by atoms with Gasteiger partial charge in [0.05, 0.1) is 13.7 Å². The van der Waals surface area contributed by atoms with Crippen LogP contribution in [0, 0.1) is 0 Å². The Labute approximate surface area is 178 Å². The lowest BCUT2D eigenvalue weighted by Crippen LogP contribution is -2.52. The number of carbonyl (C=O) groups excluding carboxylic acids is 3. The first-order valence-corrected chi connectivity index (χ1v) is 9.84. The summed E-state index contributed by atoms with van der Waals surface area (Å²) in [5, 5.41) is 5.57. The average Bonchev–Trinajstić information content (AvgIpc) is 3.36. The third-order valence-corrected chi connectivity index (χ3v) is 5.76. The van der Waals surface area contributed by atoms with Crippen LogP contribution in [-0.4, -0.2) is 41.4 Å². The van der Waals surface area contributed by atoms with Gasteiger partial charge in [-0.15, -0.1) is 0 Å². The van der Waals surface area contributed by atoms with Crippen molar-refractivity contribution < 1.29 is 23.5 Å². The Balaban J connectivity index is 1.55. The summed E-state index contributed by atoms with van der Waals surface area (Å²) in [7, 11) is 1.53. The van der Waals surface area contributed by atoms with Crippen LogP contribution in [0.4, 0.5) is 4.79 Å². The van der Waals surface area contributed by atoms with Gasteiger partial charge in [0.2, 0.25) is 5.71 Å². The number of urea groups is 1. The molecule has 0 aliphatic carbocycles. The molecule has 0 bridgehead atoms. The smallest absolute Gasteiger partial charge is 0.322 e. The van der Waals surface area contributed by atoms with E-state index < -0.39 is 17.5 Å². The van der Waals surface area contributed by atoms with Crippen LogP contribution >= 0.6 is 15.9 Å². The van der Waals surface area contributed by atoms with Crippen LogP contribution in [0.3, 0.4) is 0 Å². The zero-order valence-corrected chi connectivity index (χ0v) is 17.3. The Kier molecular flexibility index (Phi) is 4.07. The lowest BCUT2D eigenvalue weighted by molar-refractivity contribution is -0.125. The molecule has 1 aromatic carbocycles. The normalized spacial score (nSPS) is 20.5. The maximum atomic E-state index is 13.0. The molecule has 0 spiro atoms. The lowest BCUT2D eigenvalue weighted by atomic mass is 9.95. The second kappa shape index (κ2) is 6.56. The second-order valence-electron chi connectivity index (χ2n) is 7.16. The van der Waals surface area contributed by atoms with Gasteiger partial charge in [-0.2, -0.15) is 0 Å². The molecule has 30 heavy (non-hydrogen) atoms. The number of fused-ring (bicyclic) bond motifs is 2. The molecule has 3 aromatic rings. The number of pyridine rings is 1. The quantitative estimate of drug-likeness (QED) is 0.565. The predicted molar refractivity (Wildman–Crippen MR) is 108 cm³/mol. The Bertz CT molecular complexity index is 1240. The van der Waals surface area contributed by atoms with Crippen molar-refractivity contribution in [2.75, 3.05) is 13.7 Å². The molecule has 152 valence electrons. The molecule has 9 nitrogen and oxygen atoms in total. The van der Waals surface area contributed by atoms with E-state index in [9.17, 15) is 14.4 Å². The number of methoxy groups -OCH3 is 1. The van der Waals surface area contributed by atoms with Crippen molar-refractivity contribution >= 4 is 44.9 Å². The number of carbonyl (C=O) groups is 3. The van der Waals surface area contributed by atoms with Gasteiger partial charge in [0, 0.05) is 28.2 Å². The number of aromatic nitrogens is 1. The fourth-order valence-electron chi connectivity index (χ4n) is 3.85. The van der Waals surface area contributed by atoms with Crippen molar-refractivity contribution in [3.8, 4) is 5.75 Å². The number of nitrogens with zero attached hydrogens (tertiary/aromatic N) is 2. The summed E-state index contributed by atoms with van der Waals surface area (Å²) in [5.41, 5.74) is 0.0779. The van der Waals surface area contributed by atoms with Gasteiger partial charge in [0.15, 0.2) is 5.54 Å². The van der Waals surface area contributed by atoms with Crippen molar-refractivity contribution in [2.45, 2.75) is 12.1 Å². The molecule has 1 fully saturated rings. The summed E-state index contributed by atoms with van der Waals surface area (Å²) in [5.74, 6) is -0.0755. The molecule has 0 radical (unpaired) electrons. The van der Waals surface area contributed by atoms with Crippen LogP contribution in [0.2, 0.25) is 0 Å². The summed E-state index contributed by atoms with van der Waals surface area (Å²) >= 11 is 3.35. The molecule has 10 heteroatoms. The molecule has 4 heterocycles. The highest BCUT2D eigenvalue weighted by molar-refractivity contribution is 9.10. The van der Waals surface area contributed by atoms with Crippen molar-refractivity contribution in [1.82, 2.24) is 20.5 Å². The maximum Gasteiger partial charge on any atom is 0.322 e. The average molecular weight is 471 g/mol. The van der Waals surface area contributed by atoms with Gasteiger partial charge < -0.3 is 19.4 Å². The topological polar surface area (TPSA) is 114 Å². The summed E-state index contributed by atoms with van der Waals surface area (Å²) in [4.78, 5) is 43.6. The number of hydrogen-bond donors (Lipinski definition) is 2. The standard InChI is InChI=1S/C20H15BrN4O5/c1-29-13-3-2-10-8-25(17(26)14(10)6-13)9-20(18(27)23-19(28)24-20)15-5-11-4-12(21)7-22-16(11)30-15/h2-7H,8-9H2,1H3,(H2,23,24,27,28)/t20-/m0/s1. The first kappa shape index (κ1) is 18.6. The molecule has 1 atom stereocenters. The SMILES string of the molecule is COc1ccc2c(c1)C(=O)N(C[C@@]1(c3cc4cc(Br)cnc4o3)NC(=O)NC1=O)C2. The van der Waals surface area contributed by atoms with E-state index >= 15 is 0 Å². The third kappa shape index (κ3) is 2.75. The molecule has 5 rings (SSSR count). The van der Waals surface area contributed by atoms with Gasteiger partial charge in [0.1, 0.15) is 11.5 Å². The van der Waals surface area contributed by atoms with Gasteiger partial charge in [-0.3, -0.25) is 14.9 Å². The van der Waals surface area contributed by atoms with Crippen molar-refractivity contribution in [3.05, 3.63) is 57.9 Å². The van der Waals surface area contributed by atoms with Gasteiger partial charge in [-0.1, -0.05) is 6.07 Å². The van der Waals surface area contributed by atoms with Crippen molar-refractivity contribution in [3.63, 3.8) is 0 Å². The molecule has 2 aliphatic heterocycles. The van der Waals surface area contributed by atoms with Crippen LogP contribution in [0.5, 0.6) is 5.75 Å². The van der Waals surface area contributed by atoms with E-state index in [2.05, 4.69) is 31.5 Å². The molecule has 2 aromatic heterocycles. The molecular formula is C20H15BrN4O5. The zero-order valence-electron chi connectivity index (χ0n) is 15.7. The molecule has 1 saturated heterocycles. The molecule has 4 amide bonds. The third-order valence-electron chi connectivity index (χ3n) is 5.32. The highest BCUT2D eigenvalue weighted by atomic mass is 79.9. The predicted octanol–water partition coefficient (Wildman–Crippen LogP) is 2.29. The van der Waals surface area contributed by atoms with E-state index in [0.717, 1.165) is 10.0 Å². The maximum absolute atomic E-state index is 13.0. The summed E-state index contributed by atoms with van der Waals surface area (Å²) in [6, 6.07) is 8.05. The van der Waals surface area contributed by atoms with Crippen LogP contribution in [0.15, 0.2) is 45.4 Å². The Morgan fingerprint density at radius 1 is 1.27 bits per heavy atom. The van der Waals surface area contributed by atoms with E-state index in [1.54, 1.807) is 30.5 Å². The first-order valence-electron chi connectivity index (χ1n) is 9.05. The number of halogens is 1. The van der Waals surface area contributed by atoms with Crippen molar-refractivity contribution in [1.29, 1.82) is 0 Å². The van der Waals surface area contributed by atoms with Crippen molar-refractivity contribution in [2.24, 2.45) is 0 Å². The van der Waals surface area contributed by atoms with Crippen LogP contribution in [0.1, 0.15) is 21.7 Å². The lowest BCUT2D eigenvalue weighted by Gasteiger charge is -2.28. The van der Waals surface area contributed by atoms with Crippen LogP contribution in [-0.2, 0) is 16.9 Å². The molecule has 0 unspecified atom stereocenters. The molecule has 0 saturated carbocycles. The van der Waals surface area contributed by atoms with Crippen LogP contribution in [0.25, 0.3) is 11.1 Å². The number of amides is 4. The highest BCUT2D eigenvalue weighted by Gasteiger charge is 2.53. The summed E-state index contributed by atoms with van der Waals surface area (Å²) in [6.45, 7) is 0.203. The fourth-order valence-corrected chi connectivity index (χ4v) is 4.20. The van der Waals surface area contributed by atoms with E-state index in [4.69, 9.17) is 9.15 Å². The minimum absolute atomic E-state index is 0.0958. The molecular weight excluding hydrogens is 456 g/mol. The fraction of sp³-hybridized carbons (Fsp3) is 0.200. The summed E-state index contributed by atoms with van der Waals surface area (Å²) in [6.07, 6.45) is 1.57. The summed E-state index contributed by atoms with van der Waals surface area (Å²) < 4.78 is 11.8. The first-order chi connectivity index (χ1) is 14.4. The van der Waals surface area contributed by atoms with Gasteiger partial charge in [-0.25, -0.2) is 9.78 Å². The second-order valence-corrected chi connectivity index (χ2v) is 8.07. The Hall–Kier alpha value is -3.40. The monoisotopic (exact) mass is 470 g/mol. The minimum atomic E-state index is -1.56. The number of rotatable bonds is 4. The largest absolute Gasteiger partial charge is 0.497 e. The molecule has 2 N–H and O–H groups in total. The Morgan fingerprint density at radius 3 is 2.83 bits per heavy atom. The highest BCUT2D eigenvalue weighted by Crippen LogP contribution is 2.35. The number of hydrogen-bond acceptors (Lipinski definition) is 6.